The first kappa shape index (κ1) is 5.88. The van der Waals surface area contributed by atoms with E-state index in [-0.39, 0.29) is 18.9 Å². The van der Waals surface area contributed by atoms with Gasteiger partial charge in [0.2, 0.25) is 0 Å². The summed E-state index contributed by atoms with van der Waals surface area (Å²) in [5.41, 5.74) is 0. The summed E-state index contributed by atoms with van der Waals surface area (Å²) < 4.78 is 0. The minimum Gasteiger partial charge on any atom is -0.461 e. The third-order valence-electron chi connectivity index (χ3n) is 0.442. The van der Waals surface area contributed by atoms with Crippen LogP contribution in [-0.4, -0.2) is 4.98 Å². The Morgan fingerprint density at radius 1 is 1.50 bits per heavy atom. The second kappa shape index (κ2) is 3.08. The standard InChI is InChI=1S/C4H4N.Li/c1-2-4-5-3-1;/h1,3-5H;/q-1;+1. The third kappa shape index (κ3) is 1.35. The molecule has 2 heteroatoms. The van der Waals surface area contributed by atoms with Crippen LogP contribution in [0.5, 0.6) is 0 Å². The van der Waals surface area contributed by atoms with Crippen LogP contribution in [0.4, 0.5) is 0 Å². The molecular formula is C4H4LiN. The van der Waals surface area contributed by atoms with Gasteiger partial charge in [-0.25, -0.2) is 12.1 Å². The van der Waals surface area contributed by atoms with Gasteiger partial charge < -0.3 is 4.98 Å². The molecule has 1 aromatic heterocycles. The Labute approximate surface area is 48.9 Å². The van der Waals surface area contributed by atoms with Crippen LogP contribution in [0.3, 0.4) is 0 Å². The van der Waals surface area contributed by atoms with E-state index in [4.69, 9.17) is 0 Å². The molecule has 1 rings (SSSR count). The fourth-order valence-electron chi connectivity index (χ4n) is 0.241. The van der Waals surface area contributed by atoms with Gasteiger partial charge in [-0.05, 0) is 0 Å². The van der Waals surface area contributed by atoms with Crippen LogP contribution in [0.25, 0.3) is 0 Å². The van der Waals surface area contributed by atoms with Gasteiger partial charge in [-0.3, -0.25) is 0 Å². The van der Waals surface area contributed by atoms with Crippen LogP contribution in [-0.2, 0) is 0 Å². The van der Waals surface area contributed by atoms with Crippen molar-refractivity contribution >= 4 is 0 Å². The fourth-order valence-corrected chi connectivity index (χ4v) is 0.241. The first-order chi connectivity index (χ1) is 2.50. The van der Waals surface area contributed by atoms with E-state index in [0.717, 1.165) is 0 Å². The minimum atomic E-state index is 0. The van der Waals surface area contributed by atoms with E-state index >= 15 is 0 Å². The van der Waals surface area contributed by atoms with Crippen molar-refractivity contribution in [2.75, 3.05) is 0 Å². The van der Waals surface area contributed by atoms with Crippen molar-refractivity contribution in [2.24, 2.45) is 0 Å². The Hall–Kier alpha value is -0.123. The number of aromatic amines is 1. The molecule has 0 saturated carbocycles. The summed E-state index contributed by atoms with van der Waals surface area (Å²) in [5.74, 6) is 0. The van der Waals surface area contributed by atoms with Gasteiger partial charge in [0.25, 0.3) is 0 Å². The van der Waals surface area contributed by atoms with Gasteiger partial charge in [-0.1, -0.05) is 0 Å². The van der Waals surface area contributed by atoms with Gasteiger partial charge >= 0.3 is 18.9 Å². The molecule has 0 aliphatic rings. The van der Waals surface area contributed by atoms with E-state index in [2.05, 4.69) is 11.1 Å². The summed E-state index contributed by atoms with van der Waals surface area (Å²) in [7, 11) is 0. The van der Waals surface area contributed by atoms with E-state index < -0.39 is 0 Å². The molecule has 1 aromatic rings. The normalized spacial score (nSPS) is 6.67. The molecule has 0 aliphatic heterocycles. The summed E-state index contributed by atoms with van der Waals surface area (Å²) in [6.45, 7) is 0. The SMILES string of the molecule is [Li+].[c-]1cc[nH]c1. The van der Waals surface area contributed by atoms with Crippen LogP contribution in [0.2, 0.25) is 0 Å². The molecule has 0 amide bonds. The Bertz CT molecular complexity index is 64.0. The second-order valence-electron chi connectivity index (χ2n) is 0.811. The molecule has 0 aliphatic carbocycles. The molecule has 0 radical (unpaired) electrons. The maximum Gasteiger partial charge on any atom is 1.00 e. The van der Waals surface area contributed by atoms with Crippen molar-refractivity contribution in [1.29, 1.82) is 0 Å². The minimum absolute atomic E-state index is 0. The largest absolute Gasteiger partial charge is 1.00 e. The molecule has 0 unspecified atom stereocenters. The van der Waals surface area contributed by atoms with Gasteiger partial charge in [0.15, 0.2) is 0 Å². The van der Waals surface area contributed by atoms with E-state index in [1.807, 2.05) is 12.3 Å². The van der Waals surface area contributed by atoms with E-state index in [1.165, 1.54) is 0 Å². The molecule has 1 nitrogen and oxygen atoms in total. The fraction of sp³-hybridized carbons (Fsp3) is 0. The number of hydrogen-bond acceptors (Lipinski definition) is 0. The first-order valence-electron chi connectivity index (χ1n) is 1.49. The summed E-state index contributed by atoms with van der Waals surface area (Å²) in [6, 6.07) is 4.62. The Kier molecular flexibility index (Phi) is 3.02. The van der Waals surface area contributed by atoms with Crippen LogP contribution >= 0.6 is 0 Å². The van der Waals surface area contributed by atoms with Crippen molar-refractivity contribution in [3.8, 4) is 0 Å². The molecule has 0 fully saturated rings. The number of nitrogens with one attached hydrogen (secondary N) is 1. The predicted octanol–water partition coefficient (Wildman–Crippen LogP) is -2.18. The van der Waals surface area contributed by atoms with Crippen LogP contribution < -0.4 is 18.9 Å². The molecule has 1 N–H and O–H groups in total. The van der Waals surface area contributed by atoms with E-state index in [1.54, 1.807) is 6.20 Å². The average Bonchev–Trinajstić information content (AvgIpc) is 1.76. The van der Waals surface area contributed by atoms with Gasteiger partial charge in [-0.2, -0.15) is 0 Å². The predicted molar refractivity (Wildman–Crippen MR) is 19.6 cm³/mol. The Balaban J connectivity index is 0.000000250. The second-order valence-corrected chi connectivity index (χ2v) is 0.811. The summed E-state index contributed by atoms with van der Waals surface area (Å²) >= 11 is 0. The van der Waals surface area contributed by atoms with Gasteiger partial charge in [0.1, 0.15) is 0 Å². The Morgan fingerprint density at radius 3 is 2.50 bits per heavy atom. The average molecular weight is 73.0 g/mol. The Morgan fingerprint density at radius 2 is 2.33 bits per heavy atom. The zero-order chi connectivity index (χ0) is 3.54. The maximum absolute atomic E-state index is 2.81. The molecule has 6 heavy (non-hydrogen) atoms. The molecule has 0 spiro atoms. The third-order valence-corrected chi connectivity index (χ3v) is 0.442. The summed E-state index contributed by atoms with van der Waals surface area (Å²) in [5, 5.41) is 0. The van der Waals surface area contributed by atoms with Gasteiger partial charge in [0.05, 0.1) is 0 Å². The van der Waals surface area contributed by atoms with Crippen LogP contribution in [0.15, 0.2) is 18.5 Å². The van der Waals surface area contributed by atoms with E-state index in [9.17, 15) is 0 Å². The smallest absolute Gasteiger partial charge is 0.461 e. The van der Waals surface area contributed by atoms with E-state index in [0.29, 0.717) is 0 Å². The summed E-state index contributed by atoms with van der Waals surface area (Å²) in [6.07, 6.45) is 3.57. The number of aromatic nitrogens is 1. The molecular weight excluding hydrogens is 69.0 g/mol. The van der Waals surface area contributed by atoms with Crippen molar-refractivity contribution in [3.63, 3.8) is 0 Å². The number of rotatable bonds is 0. The molecule has 0 bridgehead atoms. The van der Waals surface area contributed by atoms with Gasteiger partial charge in [-0.15, -0.1) is 12.4 Å². The molecule has 0 aromatic carbocycles. The number of H-pyrrole nitrogens is 1. The topological polar surface area (TPSA) is 15.8 Å². The zero-order valence-electron chi connectivity index (χ0n) is 3.73. The molecule has 1 heterocycles. The number of hydrogen-bond donors (Lipinski definition) is 1. The zero-order valence-corrected chi connectivity index (χ0v) is 3.73. The van der Waals surface area contributed by atoms with Crippen molar-refractivity contribution in [1.82, 2.24) is 4.98 Å². The summed E-state index contributed by atoms with van der Waals surface area (Å²) in [4.78, 5) is 2.81. The molecule has 0 saturated heterocycles. The van der Waals surface area contributed by atoms with Gasteiger partial charge in [0, 0.05) is 0 Å². The maximum atomic E-state index is 2.81. The quantitative estimate of drug-likeness (QED) is 0.265. The molecule has 0 atom stereocenters. The van der Waals surface area contributed by atoms with Crippen LogP contribution in [0, 0.1) is 6.07 Å². The first-order valence-corrected chi connectivity index (χ1v) is 1.49. The van der Waals surface area contributed by atoms with Crippen molar-refractivity contribution in [2.45, 2.75) is 0 Å². The monoisotopic (exact) mass is 73.1 g/mol. The van der Waals surface area contributed by atoms with Crippen molar-refractivity contribution < 1.29 is 18.9 Å². The van der Waals surface area contributed by atoms with Crippen LogP contribution in [0.1, 0.15) is 0 Å². The van der Waals surface area contributed by atoms with Crippen molar-refractivity contribution in [3.05, 3.63) is 24.5 Å². The molecule has 26 valence electrons.